The smallest absolute Gasteiger partial charge is 0.307 e. The number of anilines is 1. The van der Waals surface area contributed by atoms with Gasteiger partial charge in [-0.15, -0.1) is 0 Å². The Morgan fingerprint density at radius 1 is 1.39 bits per heavy atom. The van der Waals surface area contributed by atoms with E-state index in [0.29, 0.717) is 19.5 Å². The fourth-order valence-electron chi connectivity index (χ4n) is 2.69. The number of carboxylic acid groups (broad SMARTS) is 1. The Balaban J connectivity index is 2.15. The van der Waals surface area contributed by atoms with Crippen LogP contribution in [0.3, 0.4) is 0 Å². The standard InChI is InChI=1S/C14H18FNO2/c1-14(2)9-16(8-7-12(14)13(17)18)11-5-3-10(15)4-6-11/h3-6,12H,7-9H2,1-2H3,(H,17,18). The van der Waals surface area contributed by atoms with Gasteiger partial charge in [0.1, 0.15) is 5.82 Å². The number of hydrogen-bond acceptors (Lipinski definition) is 2. The average Bonchev–Trinajstić information content (AvgIpc) is 2.28. The zero-order chi connectivity index (χ0) is 13.3. The van der Waals surface area contributed by atoms with Gasteiger partial charge < -0.3 is 10.0 Å². The summed E-state index contributed by atoms with van der Waals surface area (Å²) in [6.45, 7) is 5.32. The number of aliphatic carboxylic acids is 1. The number of piperidine rings is 1. The van der Waals surface area contributed by atoms with Gasteiger partial charge in [-0.05, 0) is 36.1 Å². The molecule has 1 aliphatic heterocycles. The van der Waals surface area contributed by atoms with Crippen molar-refractivity contribution in [2.75, 3.05) is 18.0 Å². The molecule has 1 fully saturated rings. The number of benzene rings is 1. The first-order valence-corrected chi connectivity index (χ1v) is 6.13. The molecule has 98 valence electrons. The second kappa shape index (κ2) is 4.59. The largest absolute Gasteiger partial charge is 0.481 e. The van der Waals surface area contributed by atoms with E-state index in [1.165, 1.54) is 12.1 Å². The lowest BCUT2D eigenvalue weighted by atomic mass is 9.74. The maximum atomic E-state index is 12.9. The van der Waals surface area contributed by atoms with E-state index >= 15 is 0 Å². The molecule has 1 aliphatic rings. The molecule has 1 aromatic rings. The van der Waals surface area contributed by atoms with Crippen molar-refractivity contribution in [3.63, 3.8) is 0 Å². The quantitative estimate of drug-likeness (QED) is 0.878. The molecule has 0 aromatic heterocycles. The molecule has 0 spiro atoms. The fourth-order valence-corrected chi connectivity index (χ4v) is 2.69. The minimum absolute atomic E-state index is 0.251. The number of hydrogen-bond donors (Lipinski definition) is 1. The highest BCUT2D eigenvalue weighted by molar-refractivity contribution is 5.71. The molecule has 1 N–H and O–H groups in total. The van der Waals surface area contributed by atoms with Crippen LogP contribution in [0.1, 0.15) is 20.3 Å². The van der Waals surface area contributed by atoms with Gasteiger partial charge in [-0.1, -0.05) is 13.8 Å². The lowest BCUT2D eigenvalue weighted by Crippen LogP contribution is -2.48. The van der Waals surface area contributed by atoms with Crippen LogP contribution in [0.25, 0.3) is 0 Å². The molecule has 0 bridgehead atoms. The third-order valence-electron chi connectivity index (χ3n) is 3.72. The average molecular weight is 251 g/mol. The monoisotopic (exact) mass is 251 g/mol. The van der Waals surface area contributed by atoms with Crippen molar-refractivity contribution in [1.82, 2.24) is 0 Å². The SMILES string of the molecule is CC1(C)CN(c2ccc(F)cc2)CCC1C(=O)O. The Labute approximate surface area is 106 Å². The maximum absolute atomic E-state index is 12.9. The van der Waals surface area contributed by atoms with E-state index in [1.54, 1.807) is 12.1 Å². The second-order valence-electron chi connectivity index (χ2n) is 5.57. The van der Waals surface area contributed by atoms with E-state index < -0.39 is 5.97 Å². The van der Waals surface area contributed by atoms with Crippen molar-refractivity contribution in [3.8, 4) is 0 Å². The molecule has 3 nitrogen and oxygen atoms in total. The van der Waals surface area contributed by atoms with Crippen molar-refractivity contribution in [3.05, 3.63) is 30.1 Å². The number of carboxylic acids is 1. The maximum Gasteiger partial charge on any atom is 0.307 e. The molecule has 0 saturated carbocycles. The molecule has 0 aliphatic carbocycles. The number of nitrogens with zero attached hydrogens (tertiary/aromatic N) is 1. The number of halogens is 1. The normalized spacial score (nSPS) is 22.8. The van der Waals surface area contributed by atoms with Crippen LogP contribution in [0.15, 0.2) is 24.3 Å². The summed E-state index contributed by atoms with van der Waals surface area (Å²) in [7, 11) is 0. The van der Waals surface area contributed by atoms with Crippen molar-refractivity contribution < 1.29 is 14.3 Å². The van der Waals surface area contributed by atoms with E-state index in [9.17, 15) is 14.3 Å². The molecule has 0 amide bonds. The summed E-state index contributed by atoms with van der Waals surface area (Å²) in [5.41, 5.74) is 0.673. The van der Waals surface area contributed by atoms with Crippen molar-refractivity contribution in [2.24, 2.45) is 11.3 Å². The van der Waals surface area contributed by atoms with Gasteiger partial charge in [-0.2, -0.15) is 0 Å². The second-order valence-corrected chi connectivity index (χ2v) is 5.57. The zero-order valence-corrected chi connectivity index (χ0v) is 10.7. The fraction of sp³-hybridized carbons (Fsp3) is 0.500. The van der Waals surface area contributed by atoms with Crippen LogP contribution in [0.2, 0.25) is 0 Å². The zero-order valence-electron chi connectivity index (χ0n) is 10.7. The molecule has 4 heteroatoms. The van der Waals surface area contributed by atoms with Crippen molar-refractivity contribution >= 4 is 11.7 Å². The Morgan fingerprint density at radius 2 is 2.00 bits per heavy atom. The lowest BCUT2D eigenvalue weighted by Gasteiger charge is -2.43. The van der Waals surface area contributed by atoms with Crippen LogP contribution in [-0.4, -0.2) is 24.2 Å². The summed E-state index contributed by atoms with van der Waals surface area (Å²) < 4.78 is 12.9. The molecule has 0 radical (unpaired) electrons. The van der Waals surface area contributed by atoms with Gasteiger partial charge >= 0.3 is 5.97 Å². The molecular formula is C14H18FNO2. The number of carbonyl (C=O) groups is 1. The van der Waals surface area contributed by atoms with Crippen molar-refractivity contribution in [2.45, 2.75) is 20.3 Å². The Hall–Kier alpha value is -1.58. The van der Waals surface area contributed by atoms with E-state index in [4.69, 9.17) is 0 Å². The molecule has 1 saturated heterocycles. The molecular weight excluding hydrogens is 233 g/mol. The summed E-state index contributed by atoms with van der Waals surface area (Å²) in [6, 6.07) is 6.36. The summed E-state index contributed by atoms with van der Waals surface area (Å²) in [6.07, 6.45) is 0.625. The third-order valence-corrected chi connectivity index (χ3v) is 3.72. The Kier molecular flexibility index (Phi) is 3.28. The highest BCUT2D eigenvalue weighted by Gasteiger charge is 2.40. The molecule has 1 heterocycles. The summed E-state index contributed by atoms with van der Waals surface area (Å²) in [4.78, 5) is 13.3. The molecule has 1 unspecified atom stereocenters. The van der Waals surface area contributed by atoms with Crippen LogP contribution in [0.5, 0.6) is 0 Å². The third kappa shape index (κ3) is 2.47. The van der Waals surface area contributed by atoms with Crippen LogP contribution in [-0.2, 0) is 4.79 Å². The molecule has 1 atom stereocenters. The lowest BCUT2D eigenvalue weighted by molar-refractivity contribution is -0.146. The highest BCUT2D eigenvalue weighted by Crippen LogP contribution is 2.36. The van der Waals surface area contributed by atoms with E-state index in [0.717, 1.165) is 5.69 Å². The van der Waals surface area contributed by atoms with E-state index in [1.807, 2.05) is 13.8 Å². The first-order chi connectivity index (χ1) is 8.40. The van der Waals surface area contributed by atoms with E-state index in [2.05, 4.69) is 4.90 Å². The first kappa shape index (κ1) is 12.9. The van der Waals surface area contributed by atoms with Gasteiger partial charge in [-0.25, -0.2) is 4.39 Å². The van der Waals surface area contributed by atoms with Crippen LogP contribution < -0.4 is 4.90 Å². The van der Waals surface area contributed by atoms with Gasteiger partial charge in [0.15, 0.2) is 0 Å². The topological polar surface area (TPSA) is 40.5 Å². The Morgan fingerprint density at radius 3 is 2.50 bits per heavy atom. The van der Waals surface area contributed by atoms with Gasteiger partial charge in [0.2, 0.25) is 0 Å². The van der Waals surface area contributed by atoms with Gasteiger partial charge in [0.05, 0.1) is 5.92 Å². The van der Waals surface area contributed by atoms with E-state index in [-0.39, 0.29) is 17.2 Å². The first-order valence-electron chi connectivity index (χ1n) is 6.13. The Bertz CT molecular complexity index is 442. The van der Waals surface area contributed by atoms with Crippen molar-refractivity contribution in [1.29, 1.82) is 0 Å². The number of rotatable bonds is 2. The van der Waals surface area contributed by atoms with Gasteiger partial charge in [0.25, 0.3) is 0 Å². The molecule has 18 heavy (non-hydrogen) atoms. The highest BCUT2D eigenvalue weighted by atomic mass is 19.1. The predicted molar refractivity (Wildman–Crippen MR) is 68.1 cm³/mol. The predicted octanol–water partition coefficient (Wildman–Crippen LogP) is 2.76. The minimum Gasteiger partial charge on any atom is -0.481 e. The van der Waals surface area contributed by atoms with Crippen LogP contribution in [0.4, 0.5) is 10.1 Å². The van der Waals surface area contributed by atoms with Gasteiger partial charge in [0, 0.05) is 18.8 Å². The van der Waals surface area contributed by atoms with Gasteiger partial charge in [-0.3, -0.25) is 4.79 Å². The molecule has 2 rings (SSSR count). The summed E-state index contributed by atoms with van der Waals surface area (Å²) >= 11 is 0. The minimum atomic E-state index is -0.723. The summed E-state index contributed by atoms with van der Waals surface area (Å²) in [5.74, 6) is -1.29. The molecule has 1 aromatic carbocycles. The summed E-state index contributed by atoms with van der Waals surface area (Å²) in [5, 5.41) is 9.20. The van der Waals surface area contributed by atoms with Crippen LogP contribution >= 0.6 is 0 Å². The van der Waals surface area contributed by atoms with Crippen LogP contribution in [0, 0.1) is 17.2 Å².